The van der Waals surface area contributed by atoms with Crippen LogP contribution in [0.5, 0.6) is 5.75 Å². The number of anilines is 2. The van der Waals surface area contributed by atoms with Crippen LogP contribution in [0.3, 0.4) is 0 Å². The first kappa shape index (κ1) is 23.7. The Balaban J connectivity index is 2.04. The standard InChI is InChI=1S/C20H22F2IN3O4S/c1-31(28,29)20(11-3-2-6-25-10-11)30-17-8-12(21)7-16(18(17)19(24)27)26-15-5-4-13(23)9-14(15)22/h4-5,7-9,11,20,25-26H,2-3,6,10H2,1H3,(H2,24,27). The fraction of sp³-hybridized carbons (Fsp3) is 0.350. The molecule has 1 aliphatic heterocycles. The first-order chi connectivity index (χ1) is 14.6. The van der Waals surface area contributed by atoms with Crippen LogP contribution in [0.15, 0.2) is 30.3 Å². The Morgan fingerprint density at radius 1 is 1.29 bits per heavy atom. The van der Waals surface area contributed by atoms with E-state index in [9.17, 15) is 22.0 Å². The summed E-state index contributed by atoms with van der Waals surface area (Å²) in [5, 5.41) is 5.77. The van der Waals surface area contributed by atoms with Gasteiger partial charge in [-0.05, 0) is 66.2 Å². The molecule has 0 aliphatic carbocycles. The molecule has 0 spiro atoms. The van der Waals surface area contributed by atoms with Gasteiger partial charge in [0.2, 0.25) is 5.44 Å². The van der Waals surface area contributed by atoms with E-state index in [-0.39, 0.29) is 22.7 Å². The highest BCUT2D eigenvalue weighted by molar-refractivity contribution is 14.1. The summed E-state index contributed by atoms with van der Waals surface area (Å²) in [5.74, 6) is -3.10. The van der Waals surface area contributed by atoms with E-state index in [2.05, 4.69) is 10.6 Å². The van der Waals surface area contributed by atoms with Gasteiger partial charge in [-0.25, -0.2) is 17.2 Å². The van der Waals surface area contributed by atoms with Gasteiger partial charge < -0.3 is 21.1 Å². The number of hydrogen-bond acceptors (Lipinski definition) is 6. The van der Waals surface area contributed by atoms with E-state index in [1.165, 1.54) is 12.1 Å². The van der Waals surface area contributed by atoms with E-state index in [0.717, 1.165) is 31.4 Å². The van der Waals surface area contributed by atoms with Gasteiger partial charge in [0.15, 0.2) is 9.84 Å². The van der Waals surface area contributed by atoms with Crippen molar-refractivity contribution in [1.29, 1.82) is 0 Å². The van der Waals surface area contributed by atoms with Gasteiger partial charge in [0, 0.05) is 28.4 Å². The number of nitrogens with two attached hydrogens (primary N) is 1. The van der Waals surface area contributed by atoms with Gasteiger partial charge in [-0.1, -0.05) is 0 Å². The molecule has 1 fully saturated rings. The van der Waals surface area contributed by atoms with E-state index in [4.69, 9.17) is 10.5 Å². The Hall–Kier alpha value is -1.99. The minimum Gasteiger partial charge on any atom is -0.473 e. The normalized spacial score (nSPS) is 17.7. The summed E-state index contributed by atoms with van der Waals surface area (Å²) in [7, 11) is -3.72. The average molecular weight is 565 g/mol. The number of amides is 1. The highest BCUT2D eigenvalue weighted by atomic mass is 127. The summed E-state index contributed by atoms with van der Waals surface area (Å²) >= 11 is 1.94. The molecule has 2 aromatic carbocycles. The number of nitrogens with one attached hydrogen (secondary N) is 2. The minimum absolute atomic E-state index is 0.00407. The molecule has 11 heteroatoms. The second-order valence-corrected chi connectivity index (χ2v) is 10.7. The van der Waals surface area contributed by atoms with Crippen molar-refractivity contribution in [2.45, 2.75) is 18.3 Å². The molecule has 3 rings (SSSR count). The summed E-state index contributed by atoms with van der Waals surface area (Å²) < 4.78 is 59.9. The third kappa shape index (κ3) is 5.83. The fourth-order valence-corrected chi connectivity index (χ4v) is 5.20. The van der Waals surface area contributed by atoms with E-state index >= 15 is 0 Å². The predicted molar refractivity (Wildman–Crippen MR) is 122 cm³/mol. The maximum Gasteiger partial charge on any atom is 0.254 e. The van der Waals surface area contributed by atoms with Crippen LogP contribution in [0, 0.1) is 21.1 Å². The van der Waals surface area contributed by atoms with Crippen LogP contribution in [0.2, 0.25) is 0 Å². The van der Waals surface area contributed by atoms with Gasteiger partial charge in [-0.3, -0.25) is 4.79 Å². The van der Waals surface area contributed by atoms with Crippen molar-refractivity contribution in [2.75, 3.05) is 24.7 Å². The number of ether oxygens (including phenoxy) is 1. The second-order valence-electron chi connectivity index (χ2n) is 7.36. The molecular weight excluding hydrogens is 543 g/mol. The molecule has 0 saturated carbocycles. The number of carbonyl (C=O) groups excluding carboxylic acids is 1. The molecular formula is C20H22F2IN3O4S. The van der Waals surface area contributed by atoms with Crippen molar-refractivity contribution in [2.24, 2.45) is 11.7 Å². The van der Waals surface area contributed by atoms with Crippen molar-refractivity contribution in [3.63, 3.8) is 0 Å². The van der Waals surface area contributed by atoms with E-state index in [1.54, 1.807) is 6.07 Å². The van der Waals surface area contributed by atoms with Gasteiger partial charge in [-0.2, -0.15) is 0 Å². The van der Waals surface area contributed by atoms with Crippen LogP contribution in [-0.2, 0) is 9.84 Å². The van der Waals surface area contributed by atoms with Crippen LogP contribution < -0.4 is 21.1 Å². The lowest BCUT2D eigenvalue weighted by Gasteiger charge is -2.30. The van der Waals surface area contributed by atoms with Crippen molar-refractivity contribution in [1.82, 2.24) is 5.32 Å². The molecule has 168 valence electrons. The number of halogens is 3. The summed E-state index contributed by atoms with van der Waals surface area (Å²) in [6.45, 7) is 1.16. The Morgan fingerprint density at radius 3 is 2.61 bits per heavy atom. The van der Waals surface area contributed by atoms with Crippen LogP contribution in [0.1, 0.15) is 23.2 Å². The lowest BCUT2D eigenvalue weighted by Crippen LogP contribution is -2.43. The molecule has 0 bridgehead atoms. The van der Waals surface area contributed by atoms with Gasteiger partial charge in [0.05, 0.1) is 11.4 Å². The summed E-state index contributed by atoms with van der Waals surface area (Å²) in [5.41, 5.74) is 3.80. The second kappa shape index (κ2) is 9.65. The van der Waals surface area contributed by atoms with Crippen LogP contribution >= 0.6 is 22.6 Å². The minimum atomic E-state index is -3.72. The van der Waals surface area contributed by atoms with Crippen molar-refractivity contribution < 1.29 is 26.7 Å². The Morgan fingerprint density at radius 2 is 2.03 bits per heavy atom. The van der Waals surface area contributed by atoms with Crippen molar-refractivity contribution in [3.8, 4) is 5.75 Å². The molecule has 4 N–H and O–H groups in total. The van der Waals surface area contributed by atoms with Gasteiger partial charge in [-0.15, -0.1) is 0 Å². The number of primary amides is 1. The van der Waals surface area contributed by atoms with E-state index in [0.29, 0.717) is 16.5 Å². The summed E-state index contributed by atoms with van der Waals surface area (Å²) in [6.07, 6.45) is 2.37. The third-order valence-electron chi connectivity index (χ3n) is 4.90. The zero-order chi connectivity index (χ0) is 22.8. The van der Waals surface area contributed by atoms with Crippen molar-refractivity contribution in [3.05, 3.63) is 51.1 Å². The smallest absolute Gasteiger partial charge is 0.254 e. The van der Waals surface area contributed by atoms with Crippen LogP contribution in [0.25, 0.3) is 0 Å². The van der Waals surface area contributed by atoms with Gasteiger partial charge in [0.1, 0.15) is 22.9 Å². The molecule has 1 saturated heterocycles. The SMILES string of the molecule is CS(=O)(=O)C(Oc1cc(F)cc(Nc2ccc(I)cc2F)c1C(N)=O)C1CCCNC1. The number of rotatable bonds is 7. The monoisotopic (exact) mass is 565 g/mol. The van der Waals surface area contributed by atoms with E-state index in [1.807, 2.05) is 22.6 Å². The highest BCUT2D eigenvalue weighted by Gasteiger charge is 2.35. The number of sulfone groups is 1. The number of benzene rings is 2. The van der Waals surface area contributed by atoms with Crippen LogP contribution in [0.4, 0.5) is 20.2 Å². The zero-order valence-electron chi connectivity index (χ0n) is 16.6. The Bertz CT molecular complexity index is 1090. The topological polar surface area (TPSA) is 111 Å². The van der Waals surface area contributed by atoms with E-state index < -0.39 is 38.7 Å². The number of piperidine rings is 1. The Labute approximate surface area is 192 Å². The lowest BCUT2D eigenvalue weighted by atomic mass is 10.0. The molecule has 2 unspecified atom stereocenters. The van der Waals surface area contributed by atoms with Gasteiger partial charge >= 0.3 is 0 Å². The third-order valence-corrected chi connectivity index (χ3v) is 6.89. The first-order valence-corrected chi connectivity index (χ1v) is 12.5. The largest absolute Gasteiger partial charge is 0.473 e. The quantitative estimate of drug-likeness (QED) is 0.445. The lowest BCUT2D eigenvalue weighted by molar-refractivity contribution is 0.0992. The highest BCUT2D eigenvalue weighted by Crippen LogP contribution is 2.34. The fourth-order valence-electron chi connectivity index (χ4n) is 3.53. The maximum atomic E-state index is 14.4. The molecule has 0 radical (unpaired) electrons. The molecule has 31 heavy (non-hydrogen) atoms. The predicted octanol–water partition coefficient (Wildman–Crippen LogP) is 3.16. The zero-order valence-corrected chi connectivity index (χ0v) is 19.6. The summed E-state index contributed by atoms with van der Waals surface area (Å²) in [6, 6.07) is 6.20. The van der Waals surface area contributed by atoms with Crippen molar-refractivity contribution >= 4 is 49.7 Å². The molecule has 7 nitrogen and oxygen atoms in total. The molecule has 1 amide bonds. The molecule has 2 aromatic rings. The van der Waals surface area contributed by atoms with Crippen LogP contribution in [-0.4, -0.2) is 39.1 Å². The molecule has 2 atom stereocenters. The molecule has 1 heterocycles. The average Bonchev–Trinajstić information content (AvgIpc) is 2.67. The summed E-state index contributed by atoms with van der Waals surface area (Å²) in [4.78, 5) is 12.2. The molecule has 0 aromatic heterocycles. The number of hydrogen-bond donors (Lipinski definition) is 3. The first-order valence-electron chi connectivity index (χ1n) is 9.48. The molecule has 1 aliphatic rings. The Kier molecular flexibility index (Phi) is 7.37. The van der Waals surface area contributed by atoms with Gasteiger partial charge in [0.25, 0.3) is 5.91 Å². The maximum absolute atomic E-state index is 14.4. The number of carbonyl (C=O) groups is 1.